The molecule has 2 unspecified atom stereocenters. The Morgan fingerprint density at radius 3 is 2.80 bits per heavy atom. The van der Waals surface area contributed by atoms with Crippen LogP contribution < -0.4 is 0 Å². The lowest BCUT2D eigenvalue weighted by Gasteiger charge is -2.43. The SMILES string of the molecule is C=C1CCC2C(C)=CC[C@H](C(C)C)C2C1. The number of allylic oxidation sites excluding steroid dienone is 3. The van der Waals surface area contributed by atoms with Gasteiger partial charge in [-0.05, 0) is 56.3 Å². The average Bonchev–Trinajstić information content (AvgIpc) is 2.17. The molecule has 3 atom stereocenters. The zero-order chi connectivity index (χ0) is 11.0. The van der Waals surface area contributed by atoms with Crippen LogP contribution in [0.2, 0.25) is 0 Å². The Balaban J connectivity index is 2.21. The standard InChI is InChI=1S/C15H24/c1-10(2)13-8-6-12(4)14-7-5-11(3)9-15(13)14/h6,10,13-15H,3,5,7-9H2,1-2,4H3/t13-,14?,15?/m1/s1. The molecule has 0 N–H and O–H groups in total. The molecule has 0 saturated heterocycles. The largest absolute Gasteiger partial charge is 0.0999 e. The lowest BCUT2D eigenvalue weighted by Crippen LogP contribution is -2.33. The highest BCUT2D eigenvalue weighted by atomic mass is 14.4. The van der Waals surface area contributed by atoms with Gasteiger partial charge in [-0.25, -0.2) is 0 Å². The first-order valence-corrected chi connectivity index (χ1v) is 6.43. The Hall–Kier alpha value is -0.520. The van der Waals surface area contributed by atoms with E-state index in [1.165, 1.54) is 31.3 Å². The average molecular weight is 204 g/mol. The van der Waals surface area contributed by atoms with Crippen LogP contribution in [0.5, 0.6) is 0 Å². The lowest BCUT2D eigenvalue weighted by molar-refractivity contribution is 0.158. The molecule has 15 heavy (non-hydrogen) atoms. The third-order valence-corrected chi connectivity index (χ3v) is 4.55. The second-order valence-electron chi connectivity index (χ2n) is 5.85. The maximum atomic E-state index is 4.20. The molecule has 1 fully saturated rings. The molecule has 2 rings (SSSR count). The summed E-state index contributed by atoms with van der Waals surface area (Å²) in [6.07, 6.45) is 7.71. The van der Waals surface area contributed by atoms with E-state index in [0.29, 0.717) is 0 Å². The Labute approximate surface area is 94.5 Å². The highest BCUT2D eigenvalue weighted by Crippen LogP contribution is 2.47. The van der Waals surface area contributed by atoms with Gasteiger partial charge in [0.05, 0.1) is 0 Å². The molecule has 0 nitrogen and oxygen atoms in total. The highest BCUT2D eigenvalue weighted by Gasteiger charge is 2.37. The predicted octanol–water partition coefficient (Wildman–Crippen LogP) is 4.58. The fourth-order valence-corrected chi connectivity index (χ4v) is 3.58. The monoisotopic (exact) mass is 204 g/mol. The summed E-state index contributed by atoms with van der Waals surface area (Å²) in [4.78, 5) is 0. The third-order valence-electron chi connectivity index (χ3n) is 4.55. The van der Waals surface area contributed by atoms with Gasteiger partial charge in [0.25, 0.3) is 0 Å². The van der Waals surface area contributed by atoms with Crippen LogP contribution >= 0.6 is 0 Å². The van der Waals surface area contributed by atoms with Crippen LogP contribution in [0.15, 0.2) is 23.8 Å². The van der Waals surface area contributed by atoms with Crippen molar-refractivity contribution in [2.45, 2.75) is 46.5 Å². The van der Waals surface area contributed by atoms with Gasteiger partial charge < -0.3 is 0 Å². The van der Waals surface area contributed by atoms with Gasteiger partial charge in [0.1, 0.15) is 0 Å². The molecule has 84 valence electrons. The molecule has 0 aromatic carbocycles. The van der Waals surface area contributed by atoms with Crippen LogP contribution in [-0.4, -0.2) is 0 Å². The van der Waals surface area contributed by atoms with Gasteiger partial charge in [-0.2, -0.15) is 0 Å². The minimum Gasteiger partial charge on any atom is -0.0999 e. The molecule has 2 aliphatic carbocycles. The summed E-state index contributed by atoms with van der Waals surface area (Å²) in [5.74, 6) is 3.50. The second-order valence-corrected chi connectivity index (χ2v) is 5.85. The quantitative estimate of drug-likeness (QED) is 0.548. The summed E-state index contributed by atoms with van der Waals surface area (Å²) in [6.45, 7) is 11.3. The summed E-state index contributed by atoms with van der Waals surface area (Å²) in [7, 11) is 0. The van der Waals surface area contributed by atoms with Crippen LogP contribution in [0.25, 0.3) is 0 Å². The molecular formula is C15H24. The Kier molecular flexibility index (Phi) is 3.04. The third kappa shape index (κ3) is 2.04. The van der Waals surface area contributed by atoms with Crippen molar-refractivity contribution in [3.05, 3.63) is 23.8 Å². The summed E-state index contributed by atoms with van der Waals surface area (Å²) < 4.78 is 0. The van der Waals surface area contributed by atoms with Gasteiger partial charge in [-0.3, -0.25) is 0 Å². The maximum absolute atomic E-state index is 4.20. The molecule has 0 spiro atoms. The van der Waals surface area contributed by atoms with Crippen LogP contribution in [0.1, 0.15) is 46.5 Å². The van der Waals surface area contributed by atoms with E-state index in [2.05, 4.69) is 33.4 Å². The summed E-state index contributed by atoms with van der Waals surface area (Å²) >= 11 is 0. The van der Waals surface area contributed by atoms with Crippen molar-refractivity contribution in [2.75, 3.05) is 0 Å². The van der Waals surface area contributed by atoms with E-state index < -0.39 is 0 Å². The normalized spacial score (nSPS) is 36.4. The molecule has 0 aromatic heterocycles. The Morgan fingerprint density at radius 1 is 1.40 bits per heavy atom. The molecule has 0 aliphatic heterocycles. The fraction of sp³-hybridized carbons (Fsp3) is 0.733. The van der Waals surface area contributed by atoms with E-state index in [9.17, 15) is 0 Å². The molecular weight excluding hydrogens is 180 g/mol. The first kappa shape index (κ1) is 11.0. The van der Waals surface area contributed by atoms with E-state index in [1.54, 1.807) is 5.57 Å². The van der Waals surface area contributed by atoms with Crippen LogP contribution in [-0.2, 0) is 0 Å². The minimum atomic E-state index is 0.827. The van der Waals surface area contributed by atoms with Crippen molar-refractivity contribution in [1.29, 1.82) is 0 Å². The van der Waals surface area contributed by atoms with Gasteiger partial charge >= 0.3 is 0 Å². The molecule has 0 heterocycles. The number of rotatable bonds is 1. The molecule has 0 amide bonds. The Bertz CT molecular complexity index is 282. The van der Waals surface area contributed by atoms with Crippen LogP contribution in [0.4, 0.5) is 0 Å². The minimum absolute atomic E-state index is 0.827. The molecule has 0 heteroatoms. The van der Waals surface area contributed by atoms with Gasteiger partial charge in [0.2, 0.25) is 0 Å². The number of hydrogen-bond donors (Lipinski definition) is 0. The fourth-order valence-electron chi connectivity index (χ4n) is 3.58. The Morgan fingerprint density at radius 2 is 2.13 bits per heavy atom. The molecule has 1 saturated carbocycles. The highest BCUT2D eigenvalue weighted by molar-refractivity contribution is 5.17. The maximum Gasteiger partial charge on any atom is -0.0169 e. The molecule has 2 aliphatic rings. The van der Waals surface area contributed by atoms with Crippen molar-refractivity contribution >= 4 is 0 Å². The number of fused-ring (bicyclic) bond motifs is 1. The first-order valence-electron chi connectivity index (χ1n) is 6.43. The van der Waals surface area contributed by atoms with Crippen molar-refractivity contribution in [3.8, 4) is 0 Å². The van der Waals surface area contributed by atoms with Gasteiger partial charge in [0.15, 0.2) is 0 Å². The zero-order valence-corrected chi connectivity index (χ0v) is 10.4. The van der Waals surface area contributed by atoms with E-state index in [4.69, 9.17) is 0 Å². The number of hydrogen-bond acceptors (Lipinski definition) is 0. The van der Waals surface area contributed by atoms with E-state index >= 15 is 0 Å². The van der Waals surface area contributed by atoms with E-state index in [-0.39, 0.29) is 0 Å². The topological polar surface area (TPSA) is 0 Å². The summed E-state index contributed by atoms with van der Waals surface area (Å²) in [5, 5.41) is 0. The van der Waals surface area contributed by atoms with Crippen molar-refractivity contribution < 1.29 is 0 Å². The van der Waals surface area contributed by atoms with Crippen LogP contribution in [0.3, 0.4) is 0 Å². The van der Waals surface area contributed by atoms with Gasteiger partial charge in [-0.15, -0.1) is 0 Å². The summed E-state index contributed by atoms with van der Waals surface area (Å²) in [5.41, 5.74) is 3.15. The lowest BCUT2D eigenvalue weighted by atomic mass is 9.62. The van der Waals surface area contributed by atoms with E-state index in [0.717, 1.165) is 23.7 Å². The second kappa shape index (κ2) is 4.15. The molecule has 0 radical (unpaired) electrons. The van der Waals surface area contributed by atoms with Crippen molar-refractivity contribution in [3.63, 3.8) is 0 Å². The predicted molar refractivity (Wildman–Crippen MR) is 66.7 cm³/mol. The summed E-state index contributed by atoms with van der Waals surface area (Å²) in [6, 6.07) is 0. The molecule has 0 aromatic rings. The van der Waals surface area contributed by atoms with E-state index in [1.807, 2.05) is 0 Å². The first-order chi connectivity index (χ1) is 7.09. The molecule has 0 bridgehead atoms. The van der Waals surface area contributed by atoms with Crippen LogP contribution in [0, 0.1) is 23.7 Å². The van der Waals surface area contributed by atoms with Gasteiger partial charge in [-0.1, -0.05) is 37.6 Å². The zero-order valence-electron chi connectivity index (χ0n) is 10.4. The smallest absolute Gasteiger partial charge is 0.0169 e. The van der Waals surface area contributed by atoms with Crippen molar-refractivity contribution in [1.82, 2.24) is 0 Å². The van der Waals surface area contributed by atoms with Crippen molar-refractivity contribution in [2.24, 2.45) is 23.7 Å². The van der Waals surface area contributed by atoms with Gasteiger partial charge in [0, 0.05) is 0 Å².